The molecule has 2 heteroatoms. The monoisotopic (exact) mass is 705 g/mol. The highest BCUT2D eigenvalue weighted by molar-refractivity contribution is 5.69. The van der Waals surface area contributed by atoms with Gasteiger partial charge < -0.3 is 4.74 Å². The largest absolute Gasteiger partial charge is 0.462 e. The fraction of sp³-hybridized carbons (Fsp3) is 0.898. The molecule has 0 aromatic rings. The molecular weight excluding hydrogens is 621 g/mol. The van der Waals surface area contributed by atoms with Crippen molar-refractivity contribution >= 4 is 5.97 Å². The molecule has 0 saturated heterocycles. The molecule has 292 valence electrons. The topological polar surface area (TPSA) is 26.3 Å². The van der Waals surface area contributed by atoms with E-state index in [-0.39, 0.29) is 17.5 Å². The number of fused-ring (bicyclic) bond motifs is 2. The predicted molar refractivity (Wildman–Crippen MR) is 219 cm³/mol. The summed E-state index contributed by atoms with van der Waals surface area (Å²) in [6.45, 7) is 24.4. The third-order valence-corrected chi connectivity index (χ3v) is 17.5. The third kappa shape index (κ3) is 8.17. The molecule has 2 nitrogen and oxygen atoms in total. The molecule has 51 heavy (non-hydrogen) atoms. The highest BCUT2D eigenvalue weighted by atomic mass is 16.5. The zero-order valence-corrected chi connectivity index (χ0v) is 35.3. The maximum atomic E-state index is 13.2. The number of esters is 1. The first-order valence-corrected chi connectivity index (χ1v) is 22.8. The van der Waals surface area contributed by atoms with Crippen LogP contribution in [-0.4, -0.2) is 12.1 Å². The van der Waals surface area contributed by atoms with Crippen molar-refractivity contribution in [2.45, 2.75) is 222 Å². The number of carbonyl (C=O) groups excluding carboxylic acids is 1. The number of hydrogen-bond donors (Lipinski definition) is 0. The fourth-order valence-electron chi connectivity index (χ4n) is 14.0. The van der Waals surface area contributed by atoms with Gasteiger partial charge in [-0.2, -0.15) is 0 Å². The maximum Gasteiger partial charge on any atom is 0.306 e. The smallest absolute Gasteiger partial charge is 0.306 e. The molecule has 0 radical (unpaired) electrons. The first kappa shape index (κ1) is 41.1. The molecule has 0 bridgehead atoms. The lowest BCUT2D eigenvalue weighted by atomic mass is 9.41. The van der Waals surface area contributed by atoms with E-state index in [9.17, 15) is 4.79 Å². The Morgan fingerprint density at radius 1 is 0.706 bits per heavy atom. The van der Waals surface area contributed by atoms with Crippen LogP contribution in [0.1, 0.15) is 216 Å². The standard InChI is InChI=1S/C49H84O2/c1-10-11-12-13-14-15-16-17-18-19-20-21-22-23-24-25-44(50)51-43-31-33-48-36-49(48)35-34-46(8)40(39(5)27-26-38(4)37(2)3)30-32-47(46,9)42(49)29-28-41(48)45(43,6)7/h17-18,37,39-43H,4,10-16,19-36H2,1-3,5-9H3/b18-17-/t39-,40-,41+,42+,43+,46-,47+,48-,49+/m1/s1. The van der Waals surface area contributed by atoms with E-state index in [1.165, 1.54) is 140 Å². The molecule has 5 rings (SSSR count). The molecule has 0 aliphatic heterocycles. The van der Waals surface area contributed by atoms with Crippen molar-refractivity contribution < 1.29 is 9.53 Å². The summed E-state index contributed by atoms with van der Waals surface area (Å²) in [4.78, 5) is 13.2. The number of unbranched alkanes of at least 4 members (excludes halogenated alkanes) is 11. The summed E-state index contributed by atoms with van der Waals surface area (Å²) in [7, 11) is 0. The van der Waals surface area contributed by atoms with Crippen LogP contribution >= 0.6 is 0 Å². The Balaban J connectivity index is 1.04. The Hall–Kier alpha value is -1.05. The molecule has 9 atom stereocenters. The quantitative estimate of drug-likeness (QED) is 0.0675. The van der Waals surface area contributed by atoms with Crippen molar-refractivity contribution in [2.24, 2.45) is 56.7 Å². The van der Waals surface area contributed by atoms with Gasteiger partial charge in [-0.3, -0.25) is 4.79 Å². The van der Waals surface area contributed by atoms with Gasteiger partial charge >= 0.3 is 5.97 Å². The molecular formula is C49H84O2. The minimum atomic E-state index is 0.0740. The van der Waals surface area contributed by atoms with Crippen LogP contribution in [0.2, 0.25) is 0 Å². The molecule has 5 aliphatic rings. The molecule has 0 amide bonds. The van der Waals surface area contributed by atoms with Crippen LogP contribution in [0.25, 0.3) is 0 Å². The van der Waals surface area contributed by atoms with Crippen molar-refractivity contribution in [3.05, 3.63) is 24.3 Å². The normalized spacial score (nSPS) is 37.0. The average molecular weight is 705 g/mol. The van der Waals surface area contributed by atoms with E-state index in [0.717, 1.165) is 37.0 Å². The number of carbonyl (C=O) groups is 1. The zero-order valence-electron chi connectivity index (χ0n) is 35.3. The molecule has 0 aromatic carbocycles. The average Bonchev–Trinajstić information content (AvgIpc) is 3.67. The van der Waals surface area contributed by atoms with Crippen LogP contribution < -0.4 is 0 Å². The predicted octanol–water partition coefficient (Wildman–Crippen LogP) is 15.0. The van der Waals surface area contributed by atoms with Gasteiger partial charge in [0.2, 0.25) is 0 Å². The maximum absolute atomic E-state index is 13.2. The molecule has 5 aliphatic carbocycles. The molecule has 0 heterocycles. The Labute approximate surface area is 317 Å². The van der Waals surface area contributed by atoms with Gasteiger partial charge in [-0.15, -0.1) is 0 Å². The van der Waals surface area contributed by atoms with Gasteiger partial charge in [-0.1, -0.05) is 131 Å². The highest BCUT2D eigenvalue weighted by Gasteiger charge is 2.82. The van der Waals surface area contributed by atoms with Crippen molar-refractivity contribution in [3.63, 3.8) is 0 Å². The summed E-state index contributed by atoms with van der Waals surface area (Å²) in [5.74, 6) is 3.93. The van der Waals surface area contributed by atoms with Gasteiger partial charge in [0.25, 0.3) is 0 Å². The van der Waals surface area contributed by atoms with E-state index >= 15 is 0 Å². The number of rotatable bonds is 21. The summed E-state index contributed by atoms with van der Waals surface area (Å²) in [5.41, 5.74) is 3.55. The molecule has 2 spiro atoms. The minimum Gasteiger partial charge on any atom is -0.462 e. The van der Waals surface area contributed by atoms with Crippen LogP contribution in [-0.2, 0) is 9.53 Å². The second-order valence-corrected chi connectivity index (χ2v) is 20.7. The molecule has 0 N–H and O–H groups in total. The minimum absolute atomic E-state index is 0.0740. The van der Waals surface area contributed by atoms with Crippen molar-refractivity contribution in [1.29, 1.82) is 0 Å². The van der Waals surface area contributed by atoms with Gasteiger partial charge in [-0.05, 0) is 154 Å². The number of allylic oxidation sites excluding steroid dienone is 3. The summed E-state index contributed by atoms with van der Waals surface area (Å²) >= 11 is 0. The molecule has 0 unspecified atom stereocenters. The second-order valence-electron chi connectivity index (χ2n) is 20.7. The van der Waals surface area contributed by atoms with Gasteiger partial charge in [0, 0.05) is 11.8 Å². The Bertz CT molecular complexity index is 1180. The van der Waals surface area contributed by atoms with E-state index in [4.69, 9.17) is 4.74 Å². The van der Waals surface area contributed by atoms with E-state index in [1.807, 2.05) is 0 Å². The Morgan fingerprint density at radius 2 is 1.31 bits per heavy atom. The van der Waals surface area contributed by atoms with Crippen LogP contribution in [0.5, 0.6) is 0 Å². The Kier molecular flexibility index (Phi) is 13.8. The SMILES string of the molecule is C=C(CC[C@@H](C)[C@H]1CC[C@@]2(C)[C@@H]3CC[C@H]4C(C)(C)[C@@H](OC(=O)CCCCCCC/C=C\CCCCCCCC)CC[C@@]45C[C@@]35CC[C@]12C)C(C)C. The molecule has 5 fully saturated rings. The first-order valence-electron chi connectivity index (χ1n) is 22.8. The number of hydrogen-bond acceptors (Lipinski definition) is 2. The van der Waals surface area contributed by atoms with Gasteiger partial charge in [0.15, 0.2) is 0 Å². The summed E-state index contributed by atoms with van der Waals surface area (Å²) in [6.07, 6.45) is 37.1. The summed E-state index contributed by atoms with van der Waals surface area (Å²) in [5, 5.41) is 0. The molecule has 5 saturated carbocycles. The highest BCUT2D eigenvalue weighted by Crippen LogP contribution is 2.89. The van der Waals surface area contributed by atoms with E-state index in [1.54, 1.807) is 0 Å². The van der Waals surface area contributed by atoms with Crippen molar-refractivity contribution in [3.8, 4) is 0 Å². The van der Waals surface area contributed by atoms with E-state index in [0.29, 0.717) is 39.9 Å². The van der Waals surface area contributed by atoms with E-state index in [2.05, 4.69) is 74.1 Å². The molecule has 0 aromatic heterocycles. The zero-order chi connectivity index (χ0) is 36.9. The second kappa shape index (κ2) is 17.2. The van der Waals surface area contributed by atoms with Crippen molar-refractivity contribution in [1.82, 2.24) is 0 Å². The van der Waals surface area contributed by atoms with Crippen LogP contribution in [0, 0.1) is 56.7 Å². The first-order chi connectivity index (χ1) is 24.3. The lowest BCUT2D eigenvalue weighted by Crippen LogP contribution is -2.58. The van der Waals surface area contributed by atoms with Crippen LogP contribution in [0.15, 0.2) is 24.3 Å². The van der Waals surface area contributed by atoms with Crippen LogP contribution in [0.3, 0.4) is 0 Å². The number of ether oxygens (including phenoxy) is 1. The lowest BCUT2D eigenvalue weighted by Gasteiger charge is -2.63. The summed E-state index contributed by atoms with van der Waals surface area (Å²) in [6, 6.07) is 0. The van der Waals surface area contributed by atoms with Gasteiger partial charge in [0.05, 0.1) is 0 Å². The van der Waals surface area contributed by atoms with Crippen molar-refractivity contribution in [2.75, 3.05) is 0 Å². The van der Waals surface area contributed by atoms with Gasteiger partial charge in [-0.25, -0.2) is 0 Å². The van der Waals surface area contributed by atoms with E-state index < -0.39 is 0 Å². The van der Waals surface area contributed by atoms with Crippen LogP contribution in [0.4, 0.5) is 0 Å². The summed E-state index contributed by atoms with van der Waals surface area (Å²) < 4.78 is 6.42. The fourth-order valence-corrected chi connectivity index (χ4v) is 14.0. The Morgan fingerprint density at radius 3 is 1.98 bits per heavy atom. The van der Waals surface area contributed by atoms with Gasteiger partial charge in [0.1, 0.15) is 6.10 Å². The lowest BCUT2D eigenvalue weighted by molar-refractivity contribution is -0.183. The third-order valence-electron chi connectivity index (χ3n) is 17.5.